The zero-order valence-electron chi connectivity index (χ0n) is 27.2. The summed E-state index contributed by atoms with van der Waals surface area (Å²) in [5, 5.41) is 0. The van der Waals surface area contributed by atoms with Crippen LogP contribution in [0.4, 0.5) is 0 Å². The van der Waals surface area contributed by atoms with Crippen LogP contribution in [0, 0.1) is 0 Å². The van der Waals surface area contributed by atoms with Gasteiger partial charge in [-0.1, -0.05) is 60.7 Å². The monoisotopic (exact) mass is 636 g/mol. The summed E-state index contributed by atoms with van der Waals surface area (Å²) >= 11 is 0. The quantitative estimate of drug-likeness (QED) is 0.278. The number of ether oxygens (including phenoxy) is 1. The number of nitrogens with one attached hydrogen (secondary N) is 2. The molecule has 5 heterocycles. The fourth-order valence-corrected chi connectivity index (χ4v) is 7.51. The first-order chi connectivity index (χ1) is 23.0. The molecule has 0 aliphatic carbocycles. The third kappa shape index (κ3) is 6.35. The fourth-order valence-electron chi connectivity index (χ4n) is 7.51. The molecule has 2 aromatic carbocycles. The Labute approximate surface area is 275 Å². The maximum absolute atomic E-state index is 14.3. The van der Waals surface area contributed by atoms with Crippen molar-refractivity contribution in [3.05, 3.63) is 95.8 Å². The van der Waals surface area contributed by atoms with Crippen molar-refractivity contribution in [3.8, 4) is 11.4 Å². The fraction of sp³-hybridized carbons (Fsp3) is 0.444. The summed E-state index contributed by atoms with van der Waals surface area (Å²) in [6, 6.07) is 19.1. The van der Waals surface area contributed by atoms with Gasteiger partial charge in [0.15, 0.2) is 0 Å². The molecule has 1 unspecified atom stereocenters. The first-order valence-corrected chi connectivity index (χ1v) is 16.8. The molecule has 0 bridgehead atoms. The molecule has 2 N–H and O–H groups in total. The van der Waals surface area contributed by atoms with Gasteiger partial charge in [0.2, 0.25) is 11.8 Å². The smallest absolute Gasteiger partial charge is 0.245 e. The molecule has 2 amide bonds. The highest BCUT2D eigenvalue weighted by atomic mass is 16.5. The minimum atomic E-state index is -0.358. The number of morpholine rings is 1. The summed E-state index contributed by atoms with van der Waals surface area (Å²) in [6.45, 7) is 4.11. The molecular formula is C36H44N8O3. The van der Waals surface area contributed by atoms with Crippen LogP contribution in [-0.4, -0.2) is 105 Å². The van der Waals surface area contributed by atoms with E-state index in [1.54, 1.807) is 0 Å². The first kappa shape index (κ1) is 31.3. The van der Waals surface area contributed by atoms with E-state index in [2.05, 4.69) is 14.9 Å². The number of rotatable bonds is 9. The van der Waals surface area contributed by atoms with Gasteiger partial charge >= 0.3 is 0 Å². The molecule has 7 rings (SSSR count). The highest BCUT2D eigenvalue weighted by molar-refractivity contribution is 5.84. The molecule has 4 atom stereocenters. The number of amides is 2. The molecule has 2 aromatic heterocycles. The SMILES string of the molecule is CN(C)C(C(=O)N1CCC[C@H]1c1ncc(-c2cnc([C@@H]3CCCN3C(=O)[C@@H](c3ccccc3)N3CCOCC3)[nH]2)[nH]1)c1ccccc1. The number of aromatic amines is 2. The van der Waals surface area contributed by atoms with Gasteiger partial charge < -0.3 is 24.5 Å². The van der Waals surface area contributed by atoms with Crippen LogP contribution < -0.4 is 0 Å². The zero-order chi connectivity index (χ0) is 32.3. The first-order valence-electron chi connectivity index (χ1n) is 16.8. The van der Waals surface area contributed by atoms with Crippen molar-refractivity contribution in [2.24, 2.45) is 0 Å². The Kier molecular flexibility index (Phi) is 9.19. The van der Waals surface area contributed by atoms with Gasteiger partial charge in [-0.05, 0) is 50.9 Å². The molecule has 11 nitrogen and oxygen atoms in total. The number of benzene rings is 2. The van der Waals surface area contributed by atoms with Crippen LogP contribution in [0.5, 0.6) is 0 Å². The van der Waals surface area contributed by atoms with E-state index in [4.69, 9.17) is 14.7 Å². The second-order valence-electron chi connectivity index (χ2n) is 13.0. The highest BCUT2D eigenvalue weighted by Gasteiger charge is 2.40. The van der Waals surface area contributed by atoms with Gasteiger partial charge in [0.1, 0.15) is 23.7 Å². The molecule has 3 fully saturated rings. The number of carbonyl (C=O) groups excluding carboxylic acids is 2. The normalized spacial score (nSPS) is 21.8. The predicted molar refractivity (Wildman–Crippen MR) is 178 cm³/mol. The molecule has 47 heavy (non-hydrogen) atoms. The molecule has 3 saturated heterocycles. The van der Waals surface area contributed by atoms with Gasteiger partial charge in [-0.3, -0.25) is 19.4 Å². The molecule has 3 aliphatic heterocycles. The minimum Gasteiger partial charge on any atom is -0.379 e. The van der Waals surface area contributed by atoms with E-state index in [9.17, 15) is 9.59 Å². The van der Waals surface area contributed by atoms with Crippen LogP contribution in [-0.2, 0) is 14.3 Å². The number of carbonyl (C=O) groups is 2. The summed E-state index contributed by atoms with van der Waals surface area (Å²) in [7, 11) is 3.90. The maximum atomic E-state index is 14.3. The molecular weight excluding hydrogens is 592 g/mol. The van der Waals surface area contributed by atoms with Gasteiger partial charge in [-0.15, -0.1) is 0 Å². The minimum absolute atomic E-state index is 0.0855. The summed E-state index contributed by atoms with van der Waals surface area (Å²) < 4.78 is 5.61. The number of H-pyrrole nitrogens is 2. The van der Waals surface area contributed by atoms with Crippen LogP contribution in [0.1, 0.15) is 72.6 Å². The van der Waals surface area contributed by atoms with Gasteiger partial charge in [0, 0.05) is 26.2 Å². The predicted octanol–water partition coefficient (Wildman–Crippen LogP) is 4.50. The molecule has 11 heteroatoms. The summed E-state index contributed by atoms with van der Waals surface area (Å²) in [6.07, 6.45) is 7.19. The lowest BCUT2D eigenvalue weighted by Gasteiger charge is -2.37. The van der Waals surface area contributed by atoms with Gasteiger partial charge in [0.05, 0.1) is 49.1 Å². The van der Waals surface area contributed by atoms with E-state index < -0.39 is 0 Å². The van der Waals surface area contributed by atoms with Crippen LogP contribution >= 0.6 is 0 Å². The van der Waals surface area contributed by atoms with Crippen LogP contribution in [0.3, 0.4) is 0 Å². The van der Waals surface area contributed by atoms with E-state index in [1.807, 2.05) is 102 Å². The third-order valence-corrected chi connectivity index (χ3v) is 9.81. The summed E-state index contributed by atoms with van der Waals surface area (Å²) in [5.74, 6) is 1.76. The Balaban J connectivity index is 1.09. The molecule has 0 spiro atoms. The number of likely N-dealkylation sites (N-methyl/N-ethyl adjacent to an activating group) is 1. The summed E-state index contributed by atoms with van der Waals surface area (Å²) in [4.78, 5) is 52.9. The lowest BCUT2D eigenvalue weighted by atomic mass is 10.0. The Bertz CT molecular complexity index is 1650. The molecule has 246 valence electrons. The number of imidazole rings is 2. The van der Waals surface area contributed by atoms with Crippen molar-refractivity contribution in [2.45, 2.75) is 49.9 Å². The van der Waals surface area contributed by atoms with E-state index in [0.717, 1.165) is 72.9 Å². The largest absolute Gasteiger partial charge is 0.379 e. The van der Waals surface area contributed by atoms with Gasteiger partial charge in [0.25, 0.3) is 0 Å². The maximum Gasteiger partial charge on any atom is 0.245 e. The Morgan fingerprint density at radius 3 is 1.79 bits per heavy atom. The van der Waals surface area contributed by atoms with Crippen molar-refractivity contribution in [2.75, 3.05) is 53.5 Å². The number of likely N-dealkylation sites (tertiary alicyclic amines) is 2. The summed E-state index contributed by atoms with van der Waals surface area (Å²) in [5.41, 5.74) is 3.63. The van der Waals surface area contributed by atoms with Gasteiger partial charge in [-0.25, -0.2) is 9.97 Å². The molecule has 0 saturated carbocycles. The lowest BCUT2D eigenvalue weighted by Crippen LogP contribution is -2.47. The Morgan fingerprint density at radius 1 is 0.745 bits per heavy atom. The van der Waals surface area contributed by atoms with E-state index in [1.165, 1.54) is 0 Å². The molecule has 3 aliphatic rings. The van der Waals surface area contributed by atoms with Crippen molar-refractivity contribution in [1.82, 2.24) is 39.5 Å². The second kappa shape index (κ2) is 13.8. The standard InChI is InChI=1S/C36H44N8O3/c1-41(2)31(25-11-5-3-6-12-25)35(45)43-17-9-15-29(43)33-37-23-27(39-33)28-24-38-34(40-28)30-16-10-18-44(30)36(46)32(26-13-7-4-8-14-26)42-19-21-47-22-20-42/h3-8,11-14,23-24,29-32H,9-10,15-22H2,1-2H3,(H,37,39)(H,38,40)/t29-,30-,31?,32+/m0/s1. The number of hydrogen-bond acceptors (Lipinski definition) is 7. The number of aromatic nitrogens is 4. The topological polar surface area (TPSA) is 114 Å². The lowest BCUT2D eigenvalue weighted by molar-refractivity contribution is -0.140. The van der Waals surface area contributed by atoms with E-state index in [-0.39, 0.29) is 36.0 Å². The average molecular weight is 637 g/mol. The van der Waals surface area contributed by atoms with Crippen LogP contribution in [0.2, 0.25) is 0 Å². The Hall–Kier alpha value is -4.32. The van der Waals surface area contributed by atoms with Crippen molar-refractivity contribution < 1.29 is 14.3 Å². The average Bonchev–Trinajstić information content (AvgIpc) is 3.92. The zero-order valence-corrected chi connectivity index (χ0v) is 27.2. The third-order valence-electron chi connectivity index (χ3n) is 9.81. The number of nitrogens with zero attached hydrogens (tertiary/aromatic N) is 6. The van der Waals surface area contributed by atoms with Crippen molar-refractivity contribution in [1.29, 1.82) is 0 Å². The highest BCUT2D eigenvalue weighted by Crippen LogP contribution is 2.37. The van der Waals surface area contributed by atoms with Crippen molar-refractivity contribution in [3.63, 3.8) is 0 Å². The molecule has 4 aromatic rings. The number of hydrogen-bond donors (Lipinski definition) is 2. The van der Waals surface area contributed by atoms with Crippen molar-refractivity contribution >= 4 is 11.8 Å². The van der Waals surface area contributed by atoms with Crippen LogP contribution in [0.15, 0.2) is 73.1 Å². The molecule has 0 radical (unpaired) electrons. The van der Waals surface area contributed by atoms with E-state index >= 15 is 0 Å². The second-order valence-corrected chi connectivity index (χ2v) is 13.0. The Morgan fingerprint density at radius 2 is 1.26 bits per heavy atom. The van der Waals surface area contributed by atoms with Crippen LogP contribution in [0.25, 0.3) is 11.4 Å². The van der Waals surface area contributed by atoms with E-state index in [0.29, 0.717) is 26.3 Å². The van der Waals surface area contributed by atoms with Gasteiger partial charge in [-0.2, -0.15) is 0 Å².